The predicted octanol–water partition coefficient (Wildman–Crippen LogP) is 4.03. The van der Waals surface area contributed by atoms with Gasteiger partial charge in [-0.15, -0.1) is 0 Å². The number of hydrogen-bond acceptors (Lipinski definition) is 13. The van der Waals surface area contributed by atoms with Gasteiger partial charge in [-0.3, -0.25) is 18.9 Å². The molecule has 0 saturated carbocycles. The number of nitrogen functional groups attached to an aromatic ring is 1. The van der Waals surface area contributed by atoms with Crippen molar-refractivity contribution in [2.24, 2.45) is 0 Å². The van der Waals surface area contributed by atoms with Crippen LogP contribution in [-0.2, 0) is 42.4 Å². The van der Waals surface area contributed by atoms with Gasteiger partial charge in [0, 0.05) is 19.0 Å². The molecule has 0 radical (unpaired) electrons. The molecule has 0 amide bonds. The highest BCUT2D eigenvalue weighted by Crippen LogP contribution is 2.50. The van der Waals surface area contributed by atoms with Crippen LogP contribution in [0.5, 0.6) is 5.75 Å². The summed E-state index contributed by atoms with van der Waals surface area (Å²) in [7, 11) is -4.50. The Morgan fingerprint density at radius 2 is 1.81 bits per heavy atom. The first kappa shape index (κ1) is 35.4. The number of carbonyl (C=O) groups is 3. The minimum Gasteiger partial charge on any atom is -0.465 e. The zero-order chi connectivity index (χ0) is 34.2. The van der Waals surface area contributed by atoms with E-state index in [1.807, 2.05) is 13.0 Å². The second-order valence-electron chi connectivity index (χ2n) is 10.6. The molecule has 1 aromatic carbocycles. The maximum Gasteiger partial charge on any atom is 0.459 e. The number of esters is 3. The number of benzene rings is 1. The van der Waals surface area contributed by atoms with E-state index in [1.54, 1.807) is 50.2 Å². The van der Waals surface area contributed by atoms with Gasteiger partial charge in [-0.05, 0) is 43.7 Å². The summed E-state index contributed by atoms with van der Waals surface area (Å²) in [6, 6.07) is 13.7. The van der Waals surface area contributed by atoms with Crippen molar-refractivity contribution in [1.82, 2.24) is 14.7 Å². The van der Waals surface area contributed by atoms with Gasteiger partial charge in [-0.1, -0.05) is 39.0 Å². The number of nitrogens with two attached hydrogens (primary N) is 1. The van der Waals surface area contributed by atoms with Gasteiger partial charge < -0.3 is 29.2 Å². The van der Waals surface area contributed by atoms with Crippen LogP contribution in [0.4, 0.5) is 5.69 Å². The fraction of sp³-hybridized carbons (Fsp3) is 0.452. The summed E-state index contributed by atoms with van der Waals surface area (Å²) in [6.07, 6.45) is -2.26. The molecule has 3 heterocycles. The number of rotatable bonds is 15. The van der Waals surface area contributed by atoms with E-state index in [0.29, 0.717) is 23.3 Å². The van der Waals surface area contributed by atoms with Crippen molar-refractivity contribution in [3.63, 3.8) is 0 Å². The lowest BCUT2D eigenvalue weighted by atomic mass is 9.95. The Bertz CT molecular complexity index is 1660. The Labute approximate surface area is 271 Å². The molecule has 3 N–H and O–H groups in total. The molecule has 16 heteroatoms. The molecule has 47 heavy (non-hydrogen) atoms. The molecule has 0 spiro atoms. The highest BCUT2D eigenvalue weighted by molar-refractivity contribution is 7.52. The Morgan fingerprint density at radius 3 is 2.47 bits per heavy atom. The average molecular weight is 672 g/mol. The maximum absolute atomic E-state index is 14.2. The van der Waals surface area contributed by atoms with E-state index in [1.165, 1.54) is 29.8 Å². The lowest BCUT2D eigenvalue weighted by Crippen LogP contribution is -2.49. The molecule has 4 rings (SSSR count). The van der Waals surface area contributed by atoms with Crippen LogP contribution in [0, 0.1) is 11.3 Å². The van der Waals surface area contributed by atoms with Crippen LogP contribution < -0.4 is 15.3 Å². The molecule has 6 atom stereocenters. The fourth-order valence-electron chi connectivity index (χ4n) is 4.78. The zero-order valence-corrected chi connectivity index (χ0v) is 27.4. The summed E-state index contributed by atoms with van der Waals surface area (Å²) < 4.78 is 50.2. The number of ether oxygens (including phenoxy) is 4. The largest absolute Gasteiger partial charge is 0.465 e. The van der Waals surface area contributed by atoms with Crippen LogP contribution in [0.2, 0.25) is 0 Å². The van der Waals surface area contributed by atoms with E-state index in [2.05, 4.69) is 10.2 Å². The van der Waals surface area contributed by atoms with Crippen molar-refractivity contribution in [3.05, 3.63) is 60.4 Å². The summed E-state index contributed by atoms with van der Waals surface area (Å²) in [5, 5.41) is 17.5. The number of nitrogens with zero attached hydrogens (tertiary/aromatic N) is 3. The Hall–Kier alpha value is -4.48. The highest BCUT2D eigenvalue weighted by Gasteiger charge is 2.62. The minimum absolute atomic E-state index is 0.0378. The topological polar surface area (TPSA) is 203 Å². The fourth-order valence-corrected chi connectivity index (χ4v) is 6.30. The molecule has 1 saturated heterocycles. The predicted molar refractivity (Wildman–Crippen MR) is 167 cm³/mol. The normalized spacial score (nSPS) is 22.5. The van der Waals surface area contributed by atoms with E-state index >= 15 is 0 Å². The minimum atomic E-state index is -4.50. The van der Waals surface area contributed by atoms with Crippen molar-refractivity contribution in [1.29, 1.82) is 5.26 Å². The van der Waals surface area contributed by atoms with Gasteiger partial charge in [-0.2, -0.15) is 15.4 Å². The van der Waals surface area contributed by atoms with Gasteiger partial charge in [0.15, 0.2) is 12.2 Å². The number of anilines is 1. The molecule has 15 nitrogen and oxygen atoms in total. The number of carbonyl (C=O) groups excluding carboxylic acids is 3. The van der Waals surface area contributed by atoms with Crippen LogP contribution in [0.1, 0.15) is 58.8 Å². The van der Waals surface area contributed by atoms with Crippen LogP contribution in [0.15, 0.2) is 54.7 Å². The van der Waals surface area contributed by atoms with Gasteiger partial charge in [0.25, 0.3) is 0 Å². The van der Waals surface area contributed by atoms with Crippen molar-refractivity contribution in [3.8, 4) is 11.8 Å². The molecule has 0 unspecified atom stereocenters. The van der Waals surface area contributed by atoms with E-state index in [0.717, 1.165) is 0 Å². The van der Waals surface area contributed by atoms with E-state index < -0.39 is 62.2 Å². The number of hydrogen-bond donors (Lipinski definition) is 2. The first-order valence-electron chi connectivity index (χ1n) is 15.1. The number of aromatic nitrogens is 2. The quantitative estimate of drug-likeness (QED) is 0.133. The van der Waals surface area contributed by atoms with Crippen molar-refractivity contribution in [2.75, 3.05) is 18.9 Å². The lowest BCUT2D eigenvalue weighted by molar-refractivity contribution is -0.169. The standard InChI is InChI=1S/C31H38N5O10P/c1-5-17-41-30(39)20(4)35-47(40,46-21-11-9-8-10-12-21)42-19-31(18-32)29(44-26(38)7-3)28(43-25(37)6-2)27(45-31)24-14-13-23-22(33)15-16-34-36(23)24/h8-16,20,27-29H,5-7,17,19,33H2,1-4H3,(H,35,40)/t20-,27-,28-,29-,31+,47+/m0/s1. The SMILES string of the molecule is CCCOC(=O)[C@H](C)N[P@@](=O)(OC[C@@]1(C#N)O[C@@H](c2ccc3c(N)ccnn23)[C@H](OC(=O)CC)[C@@H]1OC(=O)CC)Oc1ccccc1. The third-order valence-corrected chi connectivity index (χ3v) is 8.79. The molecule has 0 aliphatic carbocycles. The molecular formula is C31H38N5O10P. The lowest BCUT2D eigenvalue weighted by Gasteiger charge is -2.30. The average Bonchev–Trinajstić information content (AvgIpc) is 3.63. The molecule has 1 aliphatic rings. The van der Waals surface area contributed by atoms with E-state index in [-0.39, 0.29) is 25.2 Å². The van der Waals surface area contributed by atoms with Crippen molar-refractivity contribution >= 4 is 36.9 Å². The maximum atomic E-state index is 14.2. The van der Waals surface area contributed by atoms with Gasteiger partial charge in [0.1, 0.15) is 30.6 Å². The molecular weight excluding hydrogens is 633 g/mol. The number of nitrogens with one attached hydrogen (secondary N) is 1. The van der Waals surface area contributed by atoms with Gasteiger partial charge in [-0.25, -0.2) is 9.08 Å². The summed E-state index contributed by atoms with van der Waals surface area (Å²) in [5.41, 5.74) is 5.15. The van der Waals surface area contributed by atoms with Crippen LogP contribution in [0.25, 0.3) is 5.52 Å². The smallest absolute Gasteiger partial charge is 0.459 e. The second-order valence-corrected chi connectivity index (χ2v) is 12.3. The second kappa shape index (κ2) is 15.4. The third kappa shape index (κ3) is 8.09. The first-order valence-corrected chi connectivity index (χ1v) is 16.7. The van der Waals surface area contributed by atoms with Crippen LogP contribution in [-0.4, -0.2) is 64.6 Å². The Morgan fingerprint density at radius 1 is 1.11 bits per heavy atom. The number of fused-ring (bicyclic) bond motifs is 1. The molecule has 1 fully saturated rings. The van der Waals surface area contributed by atoms with E-state index in [9.17, 15) is 24.2 Å². The van der Waals surface area contributed by atoms with Gasteiger partial charge in [0.05, 0.1) is 23.5 Å². The molecule has 3 aromatic rings. The summed E-state index contributed by atoms with van der Waals surface area (Å²) in [6.45, 7) is 5.67. The molecule has 1 aliphatic heterocycles. The van der Waals surface area contributed by atoms with Crippen molar-refractivity contribution in [2.45, 2.75) is 76.9 Å². The first-order chi connectivity index (χ1) is 22.5. The van der Waals surface area contributed by atoms with Crippen LogP contribution >= 0.6 is 7.75 Å². The molecule has 252 valence electrons. The zero-order valence-electron chi connectivity index (χ0n) is 26.5. The molecule has 2 aromatic heterocycles. The van der Waals surface area contributed by atoms with Gasteiger partial charge >= 0.3 is 25.7 Å². The number of para-hydroxylation sites is 1. The summed E-state index contributed by atoms with van der Waals surface area (Å²) in [4.78, 5) is 38.0. The van der Waals surface area contributed by atoms with Crippen LogP contribution in [0.3, 0.4) is 0 Å². The highest BCUT2D eigenvalue weighted by atomic mass is 31.2. The van der Waals surface area contributed by atoms with E-state index in [4.69, 9.17) is 33.7 Å². The monoisotopic (exact) mass is 671 g/mol. The molecule has 0 bridgehead atoms. The summed E-state index contributed by atoms with van der Waals surface area (Å²) >= 11 is 0. The summed E-state index contributed by atoms with van der Waals surface area (Å²) in [5.74, 6) is -1.98. The third-order valence-electron chi connectivity index (χ3n) is 7.17. The van der Waals surface area contributed by atoms with Gasteiger partial charge in [0.2, 0.25) is 5.60 Å². The number of nitriles is 1. The van der Waals surface area contributed by atoms with Crippen molar-refractivity contribution < 1.29 is 46.9 Å². The Balaban J connectivity index is 1.76. The Kier molecular flexibility index (Phi) is 11.6.